The average Bonchev–Trinajstić information content (AvgIpc) is 2.05. The van der Waals surface area contributed by atoms with Gasteiger partial charge in [-0.05, 0) is 31.6 Å². The molecule has 14 heavy (non-hydrogen) atoms. The summed E-state index contributed by atoms with van der Waals surface area (Å²) in [6.45, 7) is 5.81. The van der Waals surface area contributed by atoms with E-state index in [1.165, 1.54) is 25.8 Å². The first kappa shape index (κ1) is 10.4. The largest absolute Gasteiger partial charge is 0.393 e. The highest BCUT2D eigenvalue weighted by Gasteiger charge is 2.37. The fourth-order valence-corrected chi connectivity index (χ4v) is 3.17. The van der Waals surface area contributed by atoms with Gasteiger partial charge in [0.15, 0.2) is 0 Å². The zero-order valence-corrected chi connectivity index (χ0v) is 9.45. The molecule has 2 aliphatic heterocycles. The number of piperidine rings is 2. The van der Waals surface area contributed by atoms with Gasteiger partial charge in [-0.25, -0.2) is 0 Å². The van der Waals surface area contributed by atoms with Gasteiger partial charge in [0.1, 0.15) is 0 Å². The second kappa shape index (κ2) is 4.19. The maximum Gasteiger partial charge on any atom is 0.0570 e. The van der Waals surface area contributed by atoms with E-state index in [0.29, 0.717) is 12.1 Å². The van der Waals surface area contributed by atoms with Crippen molar-refractivity contribution in [2.75, 3.05) is 6.54 Å². The molecule has 0 saturated carbocycles. The predicted molar refractivity (Wildman–Crippen MR) is 58.2 cm³/mol. The fourth-order valence-electron chi connectivity index (χ4n) is 3.17. The lowest BCUT2D eigenvalue weighted by molar-refractivity contribution is -0.0317. The Morgan fingerprint density at radius 3 is 2.29 bits per heavy atom. The Kier molecular flexibility index (Phi) is 3.13. The molecule has 2 bridgehead atoms. The van der Waals surface area contributed by atoms with Crippen LogP contribution in [0.4, 0.5) is 0 Å². The van der Waals surface area contributed by atoms with Crippen LogP contribution in [0.25, 0.3) is 0 Å². The average molecular weight is 197 g/mol. The SMILES string of the molecule is CC(C)CN1C2CCCC1CC(O)C2. The molecule has 82 valence electrons. The number of aliphatic hydroxyl groups is 1. The van der Waals surface area contributed by atoms with Crippen LogP contribution < -0.4 is 0 Å². The summed E-state index contributed by atoms with van der Waals surface area (Å²) < 4.78 is 0. The number of hydrogen-bond acceptors (Lipinski definition) is 2. The summed E-state index contributed by atoms with van der Waals surface area (Å²) >= 11 is 0. The molecule has 0 aromatic heterocycles. The minimum atomic E-state index is -0.0197. The Labute approximate surface area is 87.3 Å². The van der Waals surface area contributed by atoms with Gasteiger partial charge < -0.3 is 5.11 Å². The van der Waals surface area contributed by atoms with E-state index in [4.69, 9.17) is 0 Å². The zero-order chi connectivity index (χ0) is 10.1. The molecule has 2 rings (SSSR count). The van der Waals surface area contributed by atoms with E-state index in [0.717, 1.165) is 18.8 Å². The summed E-state index contributed by atoms with van der Waals surface area (Å²) in [6, 6.07) is 1.36. The zero-order valence-electron chi connectivity index (χ0n) is 9.45. The van der Waals surface area contributed by atoms with Crippen LogP contribution in [0.3, 0.4) is 0 Å². The summed E-state index contributed by atoms with van der Waals surface area (Å²) in [7, 11) is 0. The third-order valence-electron chi connectivity index (χ3n) is 3.68. The summed E-state index contributed by atoms with van der Waals surface area (Å²) in [4.78, 5) is 2.67. The van der Waals surface area contributed by atoms with Crippen molar-refractivity contribution in [2.45, 2.75) is 64.1 Å². The Hall–Kier alpha value is -0.0800. The monoisotopic (exact) mass is 197 g/mol. The highest BCUT2D eigenvalue weighted by molar-refractivity contribution is 4.92. The van der Waals surface area contributed by atoms with E-state index in [1.807, 2.05) is 0 Å². The van der Waals surface area contributed by atoms with Crippen molar-refractivity contribution in [1.82, 2.24) is 4.90 Å². The van der Waals surface area contributed by atoms with Gasteiger partial charge in [-0.3, -0.25) is 4.90 Å². The lowest BCUT2D eigenvalue weighted by Crippen LogP contribution is -2.54. The summed E-state index contributed by atoms with van der Waals surface area (Å²) in [5, 5.41) is 9.74. The van der Waals surface area contributed by atoms with Crippen LogP contribution in [0.2, 0.25) is 0 Å². The standard InChI is InChI=1S/C12H23NO/c1-9(2)8-13-10-4-3-5-11(13)7-12(14)6-10/h9-12,14H,3-8H2,1-2H3. The lowest BCUT2D eigenvalue weighted by atomic mass is 9.82. The molecule has 2 nitrogen and oxygen atoms in total. The number of hydrogen-bond donors (Lipinski definition) is 1. The first-order valence-corrected chi connectivity index (χ1v) is 6.10. The van der Waals surface area contributed by atoms with Gasteiger partial charge in [0.2, 0.25) is 0 Å². The quantitative estimate of drug-likeness (QED) is 0.732. The summed E-state index contributed by atoms with van der Waals surface area (Å²) in [6.07, 6.45) is 6.00. The lowest BCUT2D eigenvalue weighted by Gasteiger charge is -2.48. The van der Waals surface area contributed by atoms with Crippen molar-refractivity contribution in [3.63, 3.8) is 0 Å². The molecule has 0 radical (unpaired) electrons. The van der Waals surface area contributed by atoms with Gasteiger partial charge in [0.25, 0.3) is 0 Å². The molecule has 2 heterocycles. The molecule has 2 saturated heterocycles. The Balaban J connectivity index is 2.01. The molecule has 2 atom stereocenters. The van der Waals surface area contributed by atoms with Crippen LogP contribution in [0, 0.1) is 5.92 Å². The molecular weight excluding hydrogens is 174 g/mol. The molecule has 0 aromatic carbocycles. The molecule has 2 unspecified atom stereocenters. The summed E-state index contributed by atoms with van der Waals surface area (Å²) in [5.74, 6) is 0.758. The van der Waals surface area contributed by atoms with Gasteiger partial charge in [-0.2, -0.15) is 0 Å². The Morgan fingerprint density at radius 1 is 1.21 bits per heavy atom. The molecule has 1 N–H and O–H groups in total. The van der Waals surface area contributed by atoms with Gasteiger partial charge in [-0.1, -0.05) is 20.3 Å². The Morgan fingerprint density at radius 2 is 1.79 bits per heavy atom. The molecule has 0 aromatic rings. The first-order chi connectivity index (χ1) is 6.66. The van der Waals surface area contributed by atoms with Crippen LogP contribution in [0.5, 0.6) is 0 Å². The van der Waals surface area contributed by atoms with Crippen LogP contribution in [-0.2, 0) is 0 Å². The van der Waals surface area contributed by atoms with Crippen LogP contribution in [-0.4, -0.2) is 34.7 Å². The topological polar surface area (TPSA) is 23.5 Å². The van der Waals surface area contributed by atoms with E-state index >= 15 is 0 Å². The second-order valence-electron chi connectivity index (χ2n) is 5.45. The van der Waals surface area contributed by atoms with Crippen molar-refractivity contribution in [3.05, 3.63) is 0 Å². The van der Waals surface area contributed by atoms with Gasteiger partial charge in [-0.15, -0.1) is 0 Å². The maximum absolute atomic E-state index is 9.74. The predicted octanol–water partition coefficient (Wildman–Crippen LogP) is 2.02. The van der Waals surface area contributed by atoms with Gasteiger partial charge >= 0.3 is 0 Å². The number of nitrogens with zero attached hydrogens (tertiary/aromatic N) is 1. The van der Waals surface area contributed by atoms with E-state index in [9.17, 15) is 5.11 Å². The highest BCUT2D eigenvalue weighted by atomic mass is 16.3. The summed E-state index contributed by atoms with van der Waals surface area (Å²) in [5.41, 5.74) is 0. The van der Waals surface area contributed by atoms with Crippen molar-refractivity contribution in [1.29, 1.82) is 0 Å². The fraction of sp³-hybridized carbons (Fsp3) is 1.00. The second-order valence-corrected chi connectivity index (χ2v) is 5.45. The number of rotatable bonds is 2. The molecule has 0 amide bonds. The molecule has 2 aliphatic rings. The minimum absolute atomic E-state index is 0.0197. The first-order valence-electron chi connectivity index (χ1n) is 6.10. The third-order valence-corrected chi connectivity index (χ3v) is 3.68. The van der Waals surface area contributed by atoms with E-state index in [1.54, 1.807) is 0 Å². The van der Waals surface area contributed by atoms with Crippen molar-refractivity contribution < 1.29 is 5.11 Å². The molecule has 0 spiro atoms. The van der Waals surface area contributed by atoms with E-state index < -0.39 is 0 Å². The molecule has 2 heteroatoms. The molecule has 0 aliphatic carbocycles. The Bertz CT molecular complexity index is 179. The molecular formula is C12H23NO. The van der Waals surface area contributed by atoms with Crippen molar-refractivity contribution >= 4 is 0 Å². The van der Waals surface area contributed by atoms with Crippen LogP contribution in [0.1, 0.15) is 46.0 Å². The normalized spacial score (nSPS) is 39.0. The van der Waals surface area contributed by atoms with Crippen LogP contribution in [0.15, 0.2) is 0 Å². The number of aliphatic hydroxyl groups excluding tert-OH is 1. The van der Waals surface area contributed by atoms with Crippen molar-refractivity contribution in [3.8, 4) is 0 Å². The smallest absolute Gasteiger partial charge is 0.0570 e. The minimum Gasteiger partial charge on any atom is -0.393 e. The maximum atomic E-state index is 9.74. The van der Waals surface area contributed by atoms with Gasteiger partial charge in [0.05, 0.1) is 6.10 Å². The molecule has 2 fully saturated rings. The van der Waals surface area contributed by atoms with E-state index in [-0.39, 0.29) is 6.10 Å². The third kappa shape index (κ3) is 2.12. The highest BCUT2D eigenvalue weighted by Crippen LogP contribution is 2.34. The number of fused-ring (bicyclic) bond motifs is 2. The van der Waals surface area contributed by atoms with E-state index in [2.05, 4.69) is 18.7 Å². The van der Waals surface area contributed by atoms with Crippen molar-refractivity contribution in [2.24, 2.45) is 5.92 Å². The van der Waals surface area contributed by atoms with Gasteiger partial charge in [0, 0.05) is 18.6 Å². The van der Waals surface area contributed by atoms with Crippen LogP contribution >= 0.6 is 0 Å².